The van der Waals surface area contributed by atoms with Crippen LogP contribution in [-0.2, 0) is 28.1 Å². The van der Waals surface area contributed by atoms with Crippen molar-refractivity contribution in [2.24, 2.45) is 0 Å². The highest BCUT2D eigenvalue weighted by Crippen LogP contribution is 2.60. The van der Waals surface area contributed by atoms with Crippen molar-refractivity contribution in [3.05, 3.63) is 451 Å². The fourth-order valence-corrected chi connectivity index (χ4v) is 23.9. The van der Waals surface area contributed by atoms with Crippen molar-refractivity contribution in [1.29, 1.82) is 0 Å². The fourth-order valence-electron chi connectivity index (χ4n) is 20.9. The minimum absolute atomic E-state index is 0.198. The Labute approximate surface area is 760 Å². The van der Waals surface area contributed by atoms with Crippen LogP contribution in [0, 0.1) is 0 Å². The first-order chi connectivity index (χ1) is 62.4. The van der Waals surface area contributed by atoms with E-state index in [9.17, 15) is 0 Å². The maximum absolute atomic E-state index is 5.30. The largest absolute Gasteiger partial charge is 0.278 e. The summed E-state index contributed by atoms with van der Waals surface area (Å²) in [6, 6.07) is 155. The minimum Gasteiger partial charge on any atom is -0.278 e. The molecule has 128 heavy (non-hydrogen) atoms. The molecule has 0 aliphatic carbocycles. The molecule has 0 spiro atoms. The Morgan fingerprint density at radius 1 is 0.266 bits per heavy atom. The number of benzene rings is 18. The van der Waals surface area contributed by atoms with Gasteiger partial charge in [-0.1, -0.05) is 426 Å². The fraction of sp³-hybridized carbons (Fsp3) is 0.114. The van der Waals surface area contributed by atoms with Crippen LogP contribution in [0.4, 0.5) is 0 Å². The van der Waals surface area contributed by atoms with E-state index in [2.05, 4.69) is 484 Å². The summed E-state index contributed by atoms with van der Waals surface area (Å²) in [6.45, 7) is 21.7. The molecular formula is C123H97N3S2. The smallest absolute Gasteiger partial charge is 0.220 e. The number of para-hydroxylation sites is 4. The Morgan fingerprint density at radius 2 is 0.633 bits per heavy atom. The number of hydrogen-bond donors (Lipinski definition) is 0. The van der Waals surface area contributed by atoms with Crippen molar-refractivity contribution >= 4 is 51.4 Å². The molecule has 0 saturated carbocycles. The van der Waals surface area contributed by atoms with Gasteiger partial charge in [-0.3, -0.25) is 8.97 Å². The van der Waals surface area contributed by atoms with Gasteiger partial charge in [0.2, 0.25) is 5.78 Å². The van der Waals surface area contributed by atoms with Crippen molar-refractivity contribution in [2.45, 2.75) is 110 Å². The summed E-state index contributed by atoms with van der Waals surface area (Å²) in [5.74, 6) is 0.912. The normalized spacial score (nSPS) is 14.0. The molecule has 0 bridgehead atoms. The second-order valence-corrected chi connectivity index (χ2v) is 39.5. The van der Waals surface area contributed by atoms with E-state index in [0.717, 1.165) is 73.3 Å². The van der Waals surface area contributed by atoms with Crippen LogP contribution < -0.4 is 0 Å². The van der Waals surface area contributed by atoms with E-state index >= 15 is 0 Å². The highest BCUT2D eigenvalue weighted by atomic mass is 32.2. The number of fused-ring (bicyclic) bond motifs is 9. The molecule has 0 fully saturated rings. The molecule has 5 heteroatoms. The lowest BCUT2D eigenvalue weighted by molar-refractivity contribution is 0.537. The van der Waals surface area contributed by atoms with Gasteiger partial charge >= 0.3 is 0 Å². The van der Waals surface area contributed by atoms with Gasteiger partial charge in [0.25, 0.3) is 0 Å². The molecule has 2 aliphatic heterocycles. The topological polar surface area (TPSA) is 22.2 Å². The lowest BCUT2D eigenvalue weighted by Crippen LogP contribution is -2.31. The van der Waals surface area contributed by atoms with E-state index in [1.807, 2.05) is 23.5 Å². The van der Waals surface area contributed by atoms with E-state index in [4.69, 9.17) is 4.98 Å². The Balaban J connectivity index is 0.692. The van der Waals surface area contributed by atoms with Crippen LogP contribution in [0.3, 0.4) is 0 Å². The molecule has 0 radical (unpaired) electrons. The van der Waals surface area contributed by atoms with Crippen molar-refractivity contribution in [3.8, 4) is 139 Å². The predicted molar refractivity (Wildman–Crippen MR) is 542 cm³/mol. The van der Waals surface area contributed by atoms with Gasteiger partial charge in [-0.2, -0.15) is 0 Å². The van der Waals surface area contributed by atoms with Gasteiger partial charge in [-0.25, -0.2) is 4.98 Å². The summed E-state index contributed by atoms with van der Waals surface area (Å²) >= 11 is 3.87. The summed E-state index contributed by atoms with van der Waals surface area (Å²) in [5, 5.41) is 0. The van der Waals surface area contributed by atoms with E-state index in [0.29, 0.717) is 0 Å². The van der Waals surface area contributed by atoms with Gasteiger partial charge < -0.3 is 0 Å². The molecule has 20 aromatic rings. The van der Waals surface area contributed by atoms with Crippen LogP contribution in [0.15, 0.2) is 432 Å². The number of hydrogen-bond acceptors (Lipinski definition) is 3. The quantitative estimate of drug-likeness (QED) is 0.102. The third-order valence-electron chi connectivity index (χ3n) is 27.0. The molecule has 2 aromatic heterocycles. The number of rotatable bonds is 15. The van der Waals surface area contributed by atoms with Crippen LogP contribution in [0.1, 0.15) is 101 Å². The molecule has 2 aliphatic rings. The van der Waals surface area contributed by atoms with Gasteiger partial charge in [0.1, 0.15) is 0 Å². The molecule has 18 aromatic carbocycles. The van der Waals surface area contributed by atoms with E-state index in [1.54, 1.807) is 0 Å². The molecule has 0 amide bonds. The maximum atomic E-state index is 5.30. The summed E-state index contributed by atoms with van der Waals surface area (Å²) in [7, 11) is 0. The SMILES string of the molecule is CC(C)(C)c1ccc2c(c1-c1cccc(-c3cc(-c4ccc(CC5(C)c6ccccc6Sc6c5ccc(C(C)(C)C)c6-c5cccc(-c6c(-c7ccccc7)c(-c7ccccc7)cc(-c7ccccc7)c6-c6ccccc6)c5)cc4)c(-c4ccccc4)c(-c4ccccc4)c3-c3ccccc3)c1)Sc1ccc(-n3c4ccccc4n4c5ccccc5nc34)cc1C2(C)C. The van der Waals surface area contributed by atoms with Gasteiger partial charge in [0.15, 0.2) is 0 Å². The third-order valence-corrected chi connectivity index (χ3v) is 29.4. The molecule has 616 valence electrons. The Morgan fingerprint density at radius 3 is 1.13 bits per heavy atom. The van der Waals surface area contributed by atoms with Crippen LogP contribution in [-0.4, -0.2) is 14.0 Å². The van der Waals surface area contributed by atoms with E-state index in [-0.39, 0.29) is 16.2 Å². The molecule has 1 atom stereocenters. The molecule has 3 nitrogen and oxygen atoms in total. The van der Waals surface area contributed by atoms with Crippen LogP contribution in [0.2, 0.25) is 0 Å². The Kier molecular flexibility index (Phi) is 19.8. The molecular weight excluding hydrogens is 1580 g/mol. The first kappa shape index (κ1) is 79.8. The van der Waals surface area contributed by atoms with Gasteiger partial charge in [-0.15, -0.1) is 0 Å². The average molecular weight is 1680 g/mol. The van der Waals surface area contributed by atoms with Crippen LogP contribution in [0.5, 0.6) is 0 Å². The summed E-state index contributed by atoms with van der Waals surface area (Å²) < 4.78 is 4.67. The summed E-state index contributed by atoms with van der Waals surface area (Å²) in [5.41, 5.74) is 42.0. The van der Waals surface area contributed by atoms with Gasteiger partial charge in [-0.05, 0) is 263 Å². The van der Waals surface area contributed by atoms with E-state index < -0.39 is 5.41 Å². The zero-order chi connectivity index (χ0) is 86.7. The molecule has 0 N–H and O–H groups in total. The zero-order valence-corrected chi connectivity index (χ0v) is 75.3. The standard InChI is InChI=1S/C123H97N3S2/c1-120(2,3)98-68-70-100-117(128-108-72-67-92(75-102(108)122(100,7)8)125-105-60-34-35-61-106(105)126-104-59-33-32-58-103(104)124-119(125)126)113(98)89-54-37-53-88(73-89)96-77-95(109(83-43-21-12-22-44-83)115(87-51-29-16-30-52-87)112(96)86-49-27-15-28-50-86)82-65-63-79(64-66-82)78-123(9)97-57-31-36-62-107(97)127-118-101(123)71-69-99(121(4,5)6)114(118)90-55-38-56-91(74-90)116-110(84-45-23-13-24-46-84)93(80-39-17-10-18-40-80)76-94(81-41-19-11-20-42-81)111(116)85-47-25-14-26-48-85/h10-77H,78H2,1-9H3. The van der Waals surface area contributed by atoms with Crippen LogP contribution >= 0.6 is 23.5 Å². The monoisotopic (exact) mass is 1680 g/mol. The molecule has 22 rings (SSSR count). The molecule has 4 heterocycles. The molecule has 1 unspecified atom stereocenters. The Bertz CT molecular complexity index is 7600. The zero-order valence-electron chi connectivity index (χ0n) is 73.6. The maximum Gasteiger partial charge on any atom is 0.220 e. The highest BCUT2D eigenvalue weighted by molar-refractivity contribution is 8.00. The molecule has 0 saturated heterocycles. The lowest BCUT2D eigenvalue weighted by Gasteiger charge is -2.40. The van der Waals surface area contributed by atoms with Crippen molar-refractivity contribution in [3.63, 3.8) is 0 Å². The van der Waals surface area contributed by atoms with Crippen LogP contribution in [0.25, 0.3) is 167 Å². The van der Waals surface area contributed by atoms with E-state index in [1.165, 1.54) is 159 Å². The first-order valence-corrected chi connectivity index (χ1v) is 46.5. The second-order valence-electron chi connectivity index (χ2n) is 37.4. The van der Waals surface area contributed by atoms with Crippen molar-refractivity contribution in [2.75, 3.05) is 0 Å². The highest BCUT2D eigenvalue weighted by Gasteiger charge is 2.42. The first-order valence-electron chi connectivity index (χ1n) is 44.8. The summed E-state index contributed by atoms with van der Waals surface area (Å²) in [4.78, 5) is 10.5. The minimum atomic E-state index is -0.447. The number of aromatic nitrogens is 3. The van der Waals surface area contributed by atoms with Gasteiger partial charge in [0, 0.05) is 36.1 Å². The summed E-state index contributed by atoms with van der Waals surface area (Å²) in [6.07, 6.45) is 0.771. The lowest BCUT2D eigenvalue weighted by atomic mass is 9.69. The Hall–Kier alpha value is -14.1. The number of nitrogens with zero attached hydrogens (tertiary/aromatic N) is 3. The van der Waals surface area contributed by atoms with Crippen molar-refractivity contribution < 1.29 is 0 Å². The third kappa shape index (κ3) is 13.7. The average Bonchev–Trinajstić information content (AvgIpc) is 1.37. The van der Waals surface area contributed by atoms with Crippen molar-refractivity contribution in [1.82, 2.24) is 14.0 Å². The van der Waals surface area contributed by atoms with Gasteiger partial charge in [0.05, 0.1) is 22.1 Å². The number of imidazole rings is 2. The predicted octanol–water partition coefficient (Wildman–Crippen LogP) is 33.8. The second kappa shape index (κ2) is 31.8.